The normalized spacial score (nSPS) is 14.1. The van der Waals surface area contributed by atoms with Crippen LogP contribution in [0.1, 0.15) is 0 Å². The van der Waals surface area contributed by atoms with Gasteiger partial charge >= 0.3 is 6.18 Å². The van der Waals surface area contributed by atoms with Gasteiger partial charge in [-0.25, -0.2) is 9.18 Å². The Bertz CT molecular complexity index is 165. The Hall–Kier alpha value is -0.900. The first-order valence-corrected chi connectivity index (χ1v) is 2.01. The summed E-state index contributed by atoms with van der Waals surface area (Å²) in [6.45, 7) is 0. The molecule has 0 saturated heterocycles. The van der Waals surface area contributed by atoms with Crippen molar-refractivity contribution in [1.82, 2.24) is 0 Å². The van der Waals surface area contributed by atoms with E-state index in [9.17, 15) is 22.0 Å². The van der Waals surface area contributed by atoms with Gasteiger partial charge in [-0.2, -0.15) is 17.6 Å². The molecule has 0 radical (unpaired) electrons. The van der Waals surface area contributed by atoms with Crippen LogP contribution in [-0.2, 0) is 4.79 Å². The highest BCUT2D eigenvalue weighted by Gasteiger charge is 2.44. The summed E-state index contributed by atoms with van der Waals surface area (Å²) < 4.78 is 56.1. The van der Waals surface area contributed by atoms with Gasteiger partial charge in [-0.1, -0.05) is 0 Å². The van der Waals surface area contributed by atoms with E-state index in [1.54, 1.807) is 0 Å². The molecule has 1 atom stereocenters. The third-order valence-electron chi connectivity index (χ3n) is 0.607. The van der Waals surface area contributed by atoms with Crippen LogP contribution in [-0.4, -0.2) is 18.3 Å². The molecule has 0 aliphatic heterocycles. The van der Waals surface area contributed by atoms with Crippen LogP contribution in [0.3, 0.4) is 0 Å². The lowest BCUT2D eigenvalue weighted by Gasteiger charge is -2.06. The summed E-state index contributed by atoms with van der Waals surface area (Å²) >= 11 is 0. The van der Waals surface area contributed by atoms with Gasteiger partial charge in [0.25, 0.3) is 6.17 Å². The Labute approximate surface area is 52.1 Å². The quantitative estimate of drug-likeness (QED) is 0.420. The summed E-state index contributed by atoms with van der Waals surface area (Å²) in [5.41, 5.74) is 0. The third kappa shape index (κ3) is 2.14. The van der Waals surface area contributed by atoms with Crippen LogP contribution >= 0.6 is 0 Å². The molecule has 0 saturated carbocycles. The minimum atomic E-state index is -5.36. The highest BCUT2D eigenvalue weighted by molar-refractivity contribution is 5.50. The van der Waals surface area contributed by atoms with E-state index >= 15 is 0 Å². The van der Waals surface area contributed by atoms with Crippen LogP contribution < -0.4 is 0 Å². The monoisotopic (exact) mass is 160 g/mol. The molecule has 0 bridgehead atoms. The van der Waals surface area contributed by atoms with Gasteiger partial charge in [0.05, 0.1) is 0 Å². The molecule has 1 unspecified atom stereocenters. The summed E-state index contributed by atoms with van der Waals surface area (Å²) in [4.78, 5) is 9.12. The number of rotatable bonds is 1. The van der Waals surface area contributed by atoms with Crippen molar-refractivity contribution in [1.29, 1.82) is 0 Å². The highest BCUT2D eigenvalue weighted by atomic mass is 19.4. The van der Waals surface area contributed by atoms with Gasteiger partial charge in [0.15, 0.2) is 5.94 Å². The molecule has 58 valence electrons. The molecule has 0 aromatic heterocycles. The standard InChI is InChI=1S/C4HF5O/c5-2(1-10)3(6)4(7,8)9/h3H. The highest BCUT2D eigenvalue weighted by Crippen LogP contribution is 2.27. The molecule has 0 aromatic rings. The molecule has 0 aromatic carbocycles. The number of allylic oxidation sites excluding steroid dienone is 1. The minimum Gasteiger partial charge on any atom is -0.231 e. The zero-order valence-electron chi connectivity index (χ0n) is 4.38. The number of hydrogen-bond acceptors (Lipinski definition) is 1. The smallest absolute Gasteiger partial charge is 0.231 e. The van der Waals surface area contributed by atoms with E-state index in [1.165, 1.54) is 0 Å². The fourth-order valence-corrected chi connectivity index (χ4v) is 0.195. The fraction of sp³-hybridized carbons (Fsp3) is 0.500. The number of halogens is 5. The average molecular weight is 160 g/mol. The van der Waals surface area contributed by atoms with Crippen molar-refractivity contribution in [2.75, 3.05) is 0 Å². The molecule has 0 heterocycles. The van der Waals surface area contributed by atoms with Crippen LogP contribution in [0.25, 0.3) is 0 Å². The molecule has 0 aliphatic carbocycles. The lowest BCUT2D eigenvalue weighted by molar-refractivity contribution is -0.173. The van der Waals surface area contributed by atoms with Crippen molar-refractivity contribution in [2.24, 2.45) is 0 Å². The topological polar surface area (TPSA) is 17.1 Å². The van der Waals surface area contributed by atoms with Crippen molar-refractivity contribution in [3.63, 3.8) is 0 Å². The molecule has 0 spiro atoms. The van der Waals surface area contributed by atoms with Gasteiger partial charge in [-0.05, 0) is 0 Å². The van der Waals surface area contributed by atoms with Crippen molar-refractivity contribution in [2.45, 2.75) is 12.3 Å². The van der Waals surface area contributed by atoms with Gasteiger partial charge in [-0.15, -0.1) is 0 Å². The van der Waals surface area contributed by atoms with E-state index in [2.05, 4.69) is 0 Å². The lowest BCUT2D eigenvalue weighted by Crippen LogP contribution is -2.25. The average Bonchev–Trinajstić information content (AvgIpc) is 1.83. The second-order valence-corrected chi connectivity index (χ2v) is 1.35. The van der Waals surface area contributed by atoms with Gasteiger partial charge in [0.2, 0.25) is 5.83 Å². The second-order valence-electron chi connectivity index (χ2n) is 1.35. The number of alkyl halides is 4. The van der Waals surface area contributed by atoms with E-state index in [-0.39, 0.29) is 5.94 Å². The van der Waals surface area contributed by atoms with E-state index < -0.39 is 18.2 Å². The molecule has 6 heteroatoms. The summed E-state index contributed by atoms with van der Waals surface area (Å²) in [7, 11) is 0. The van der Waals surface area contributed by atoms with E-state index in [0.29, 0.717) is 0 Å². The van der Waals surface area contributed by atoms with E-state index in [0.717, 1.165) is 0 Å². The first-order valence-electron chi connectivity index (χ1n) is 2.01. The maximum Gasteiger partial charge on any atom is 0.427 e. The Morgan fingerprint density at radius 1 is 1.40 bits per heavy atom. The minimum absolute atomic E-state index is 0.176. The zero-order chi connectivity index (χ0) is 8.36. The lowest BCUT2D eigenvalue weighted by atomic mass is 10.3. The molecule has 0 aliphatic rings. The second kappa shape index (κ2) is 2.79. The Balaban J connectivity index is 4.37. The maximum absolute atomic E-state index is 11.5. The molecule has 0 N–H and O–H groups in total. The number of hydrogen-bond donors (Lipinski definition) is 0. The van der Waals surface area contributed by atoms with Gasteiger partial charge in [0.1, 0.15) is 0 Å². The Morgan fingerprint density at radius 3 is 1.90 bits per heavy atom. The molecule has 10 heavy (non-hydrogen) atoms. The summed E-state index contributed by atoms with van der Waals surface area (Å²) in [6.07, 6.45) is -9.20. The predicted molar refractivity (Wildman–Crippen MR) is 21.3 cm³/mol. The summed E-state index contributed by atoms with van der Waals surface area (Å²) in [5, 5.41) is 0. The molecule has 0 amide bonds. The van der Waals surface area contributed by atoms with Crippen LogP contribution in [0, 0.1) is 0 Å². The first-order chi connectivity index (χ1) is 4.39. The van der Waals surface area contributed by atoms with E-state index in [4.69, 9.17) is 4.79 Å². The van der Waals surface area contributed by atoms with Crippen LogP contribution in [0.15, 0.2) is 5.83 Å². The van der Waals surface area contributed by atoms with Crippen molar-refractivity contribution < 1.29 is 26.7 Å². The van der Waals surface area contributed by atoms with Crippen molar-refractivity contribution in [3.8, 4) is 0 Å². The molecule has 0 fully saturated rings. The third-order valence-corrected chi connectivity index (χ3v) is 0.607. The first kappa shape index (κ1) is 9.10. The molecular formula is C4HF5O. The molecular weight excluding hydrogens is 159 g/mol. The number of carbonyl (C=O) groups excluding carboxylic acids is 1. The van der Waals surface area contributed by atoms with Crippen molar-refractivity contribution in [3.05, 3.63) is 5.83 Å². The SMILES string of the molecule is O=C=C(F)C(F)C(F)(F)F. The van der Waals surface area contributed by atoms with Gasteiger partial charge < -0.3 is 0 Å². The fourth-order valence-electron chi connectivity index (χ4n) is 0.195. The molecule has 1 nitrogen and oxygen atoms in total. The zero-order valence-corrected chi connectivity index (χ0v) is 4.38. The largest absolute Gasteiger partial charge is 0.427 e. The van der Waals surface area contributed by atoms with Gasteiger partial charge in [0, 0.05) is 0 Å². The maximum atomic E-state index is 11.5. The Kier molecular flexibility index (Phi) is 2.54. The molecule has 0 rings (SSSR count). The van der Waals surface area contributed by atoms with Crippen molar-refractivity contribution >= 4 is 5.94 Å². The van der Waals surface area contributed by atoms with Crippen LogP contribution in [0.2, 0.25) is 0 Å². The summed E-state index contributed by atoms with van der Waals surface area (Å²) in [5.74, 6) is -2.30. The van der Waals surface area contributed by atoms with E-state index in [1.807, 2.05) is 0 Å². The van der Waals surface area contributed by atoms with Crippen LogP contribution in [0.5, 0.6) is 0 Å². The van der Waals surface area contributed by atoms with Gasteiger partial charge in [-0.3, -0.25) is 0 Å². The van der Waals surface area contributed by atoms with Crippen LogP contribution in [0.4, 0.5) is 22.0 Å². The predicted octanol–water partition coefficient (Wildman–Crippen LogP) is 1.57. The Morgan fingerprint density at radius 2 is 1.80 bits per heavy atom. The summed E-state index contributed by atoms with van der Waals surface area (Å²) in [6, 6.07) is 0.